The maximum absolute atomic E-state index is 4.71. The Labute approximate surface area is 117 Å². The highest BCUT2D eigenvalue weighted by Crippen LogP contribution is 2.42. The first-order chi connectivity index (χ1) is 9.40. The fourth-order valence-electron chi connectivity index (χ4n) is 4.19. The molecule has 1 aromatic heterocycles. The first-order valence-corrected chi connectivity index (χ1v) is 8.07. The van der Waals surface area contributed by atoms with Crippen LogP contribution in [0, 0.1) is 5.92 Å². The van der Waals surface area contributed by atoms with Gasteiger partial charge in [-0.2, -0.15) is 0 Å². The molecule has 19 heavy (non-hydrogen) atoms. The summed E-state index contributed by atoms with van der Waals surface area (Å²) < 4.78 is 0. The number of nitrogens with zero attached hydrogens (tertiary/aromatic N) is 1. The van der Waals surface area contributed by atoms with Crippen LogP contribution in [0.25, 0.3) is 0 Å². The third-order valence-electron chi connectivity index (χ3n) is 5.05. The summed E-state index contributed by atoms with van der Waals surface area (Å²) in [5, 5.41) is 3.75. The lowest BCUT2D eigenvalue weighted by Crippen LogP contribution is -2.38. The molecule has 2 aliphatic carbocycles. The van der Waals surface area contributed by atoms with E-state index in [2.05, 4.69) is 24.4 Å². The van der Waals surface area contributed by atoms with E-state index in [0.29, 0.717) is 12.0 Å². The van der Waals surface area contributed by atoms with Crippen LogP contribution in [0.4, 0.5) is 0 Å². The Morgan fingerprint density at radius 3 is 3.00 bits per heavy atom. The number of aryl methyl sites for hydroxylation is 1. The molecule has 1 N–H and O–H groups in total. The quantitative estimate of drug-likeness (QED) is 0.837. The first-order valence-electron chi connectivity index (χ1n) is 8.07. The third kappa shape index (κ3) is 2.69. The van der Waals surface area contributed by atoms with Gasteiger partial charge in [-0.1, -0.05) is 32.3 Å². The molecule has 3 unspecified atom stereocenters. The second-order valence-electron chi connectivity index (χ2n) is 6.16. The Hall–Kier alpha value is -0.890. The van der Waals surface area contributed by atoms with Crippen molar-refractivity contribution < 1.29 is 0 Å². The number of fused-ring (bicyclic) bond motifs is 1. The SMILES string of the molecule is CCNC1CCCCCC1C1CCc2cccnc21. The maximum atomic E-state index is 4.71. The molecule has 0 aromatic carbocycles. The van der Waals surface area contributed by atoms with Gasteiger partial charge in [0.05, 0.1) is 0 Å². The maximum Gasteiger partial charge on any atom is 0.0469 e. The van der Waals surface area contributed by atoms with E-state index in [1.54, 1.807) is 0 Å². The first kappa shape index (κ1) is 13.1. The van der Waals surface area contributed by atoms with Gasteiger partial charge in [0.1, 0.15) is 0 Å². The van der Waals surface area contributed by atoms with Crippen LogP contribution >= 0.6 is 0 Å². The second-order valence-corrected chi connectivity index (χ2v) is 6.16. The van der Waals surface area contributed by atoms with E-state index >= 15 is 0 Å². The largest absolute Gasteiger partial charge is 0.314 e. The van der Waals surface area contributed by atoms with Crippen molar-refractivity contribution in [1.29, 1.82) is 0 Å². The highest BCUT2D eigenvalue weighted by molar-refractivity contribution is 5.29. The fourth-order valence-corrected chi connectivity index (χ4v) is 4.19. The monoisotopic (exact) mass is 258 g/mol. The predicted molar refractivity (Wildman–Crippen MR) is 79.3 cm³/mol. The summed E-state index contributed by atoms with van der Waals surface area (Å²) in [5.74, 6) is 1.51. The molecule has 3 atom stereocenters. The van der Waals surface area contributed by atoms with Gasteiger partial charge in [-0.05, 0) is 49.8 Å². The van der Waals surface area contributed by atoms with Crippen LogP contribution < -0.4 is 5.32 Å². The zero-order valence-corrected chi connectivity index (χ0v) is 12.1. The minimum absolute atomic E-state index is 0.707. The van der Waals surface area contributed by atoms with Crippen molar-refractivity contribution in [2.45, 2.75) is 63.8 Å². The summed E-state index contributed by atoms with van der Waals surface area (Å²) >= 11 is 0. The standard InChI is InChI=1S/C17H26N2/c1-2-18-16-9-5-3-4-8-14(16)15-11-10-13-7-6-12-19-17(13)15/h6-7,12,14-16,18H,2-5,8-11H2,1H3. The van der Waals surface area contributed by atoms with Crippen molar-refractivity contribution in [2.75, 3.05) is 6.54 Å². The highest BCUT2D eigenvalue weighted by atomic mass is 14.9. The summed E-state index contributed by atoms with van der Waals surface area (Å²) in [7, 11) is 0. The summed E-state index contributed by atoms with van der Waals surface area (Å²) in [5.41, 5.74) is 2.92. The van der Waals surface area contributed by atoms with Gasteiger partial charge in [-0.25, -0.2) is 0 Å². The summed E-state index contributed by atoms with van der Waals surface area (Å²) in [6.45, 7) is 3.34. The van der Waals surface area contributed by atoms with Gasteiger partial charge in [-0.15, -0.1) is 0 Å². The molecular formula is C17H26N2. The molecule has 1 aromatic rings. The predicted octanol–water partition coefficient (Wildman–Crippen LogP) is 3.67. The van der Waals surface area contributed by atoms with Crippen molar-refractivity contribution in [3.63, 3.8) is 0 Å². The van der Waals surface area contributed by atoms with Crippen LogP contribution in [0.2, 0.25) is 0 Å². The molecule has 1 saturated carbocycles. The normalized spacial score (nSPS) is 30.9. The Morgan fingerprint density at radius 2 is 2.11 bits per heavy atom. The van der Waals surface area contributed by atoms with Crippen LogP contribution in [0.15, 0.2) is 18.3 Å². The fraction of sp³-hybridized carbons (Fsp3) is 0.706. The molecule has 0 spiro atoms. The second kappa shape index (κ2) is 6.04. The van der Waals surface area contributed by atoms with E-state index in [0.717, 1.165) is 12.5 Å². The summed E-state index contributed by atoms with van der Waals surface area (Å²) in [4.78, 5) is 4.71. The molecule has 0 saturated heterocycles. The minimum atomic E-state index is 0.707. The van der Waals surface area contributed by atoms with Gasteiger partial charge in [0.2, 0.25) is 0 Å². The van der Waals surface area contributed by atoms with Crippen LogP contribution in [0.3, 0.4) is 0 Å². The van der Waals surface area contributed by atoms with Gasteiger partial charge in [0.25, 0.3) is 0 Å². The van der Waals surface area contributed by atoms with Crippen molar-refractivity contribution in [2.24, 2.45) is 5.92 Å². The molecule has 0 aliphatic heterocycles. The molecular weight excluding hydrogens is 232 g/mol. The van der Waals surface area contributed by atoms with Crippen molar-refractivity contribution in [3.8, 4) is 0 Å². The lowest BCUT2D eigenvalue weighted by atomic mass is 9.81. The lowest BCUT2D eigenvalue weighted by Gasteiger charge is -2.31. The van der Waals surface area contributed by atoms with E-state index in [1.165, 1.54) is 56.2 Å². The van der Waals surface area contributed by atoms with Crippen LogP contribution in [0.1, 0.15) is 62.6 Å². The van der Waals surface area contributed by atoms with Crippen LogP contribution in [-0.2, 0) is 6.42 Å². The molecule has 1 fully saturated rings. The molecule has 0 radical (unpaired) electrons. The highest BCUT2D eigenvalue weighted by Gasteiger charge is 2.35. The Bertz CT molecular complexity index is 415. The van der Waals surface area contributed by atoms with Crippen LogP contribution in [-0.4, -0.2) is 17.6 Å². The molecule has 0 bridgehead atoms. The van der Waals surface area contributed by atoms with E-state index in [4.69, 9.17) is 4.98 Å². The van der Waals surface area contributed by atoms with Gasteiger partial charge < -0.3 is 5.32 Å². The van der Waals surface area contributed by atoms with E-state index in [-0.39, 0.29) is 0 Å². The zero-order chi connectivity index (χ0) is 13.1. The van der Waals surface area contributed by atoms with E-state index in [9.17, 15) is 0 Å². The Balaban J connectivity index is 1.83. The summed E-state index contributed by atoms with van der Waals surface area (Å²) in [6, 6.07) is 5.09. The van der Waals surface area contributed by atoms with Crippen molar-refractivity contribution in [3.05, 3.63) is 29.6 Å². The molecule has 3 rings (SSSR count). The van der Waals surface area contributed by atoms with Gasteiger partial charge in [0.15, 0.2) is 0 Å². The van der Waals surface area contributed by atoms with Crippen molar-refractivity contribution >= 4 is 0 Å². The third-order valence-corrected chi connectivity index (χ3v) is 5.05. The summed E-state index contributed by atoms with van der Waals surface area (Å²) in [6.07, 6.45) is 11.5. The minimum Gasteiger partial charge on any atom is -0.314 e. The van der Waals surface area contributed by atoms with Crippen molar-refractivity contribution in [1.82, 2.24) is 10.3 Å². The molecule has 1 heterocycles. The Kier molecular flexibility index (Phi) is 4.17. The number of aromatic nitrogens is 1. The van der Waals surface area contributed by atoms with E-state index in [1.807, 2.05) is 6.20 Å². The number of rotatable bonds is 3. The van der Waals surface area contributed by atoms with E-state index < -0.39 is 0 Å². The number of nitrogens with one attached hydrogen (secondary N) is 1. The molecule has 2 nitrogen and oxygen atoms in total. The topological polar surface area (TPSA) is 24.9 Å². The average molecular weight is 258 g/mol. The van der Waals surface area contributed by atoms with Crippen LogP contribution in [0.5, 0.6) is 0 Å². The molecule has 104 valence electrons. The van der Waals surface area contributed by atoms with Gasteiger partial charge in [-0.3, -0.25) is 4.98 Å². The number of pyridine rings is 1. The number of hydrogen-bond acceptors (Lipinski definition) is 2. The molecule has 2 heteroatoms. The molecule has 2 aliphatic rings. The van der Waals surface area contributed by atoms with Gasteiger partial charge >= 0.3 is 0 Å². The van der Waals surface area contributed by atoms with Gasteiger partial charge in [0, 0.05) is 23.9 Å². The number of hydrogen-bond donors (Lipinski definition) is 1. The lowest BCUT2D eigenvalue weighted by molar-refractivity contribution is 0.284. The zero-order valence-electron chi connectivity index (χ0n) is 12.1. The average Bonchev–Trinajstić information content (AvgIpc) is 2.73. The Morgan fingerprint density at radius 1 is 1.21 bits per heavy atom. The smallest absolute Gasteiger partial charge is 0.0469 e. The molecule has 0 amide bonds.